The number of hydrogen-bond acceptors (Lipinski definition) is 4. The number of carbonyl (C=O) groups is 1. The lowest BCUT2D eigenvalue weighted by Gasteiger charge is -2.33. The second-order valence-electron chi connectivity index (χ2n) is 6.82. The van der Waals surface area contributed by atoms with E-state index in [9.17, 15) is 9.18 Å². The third kappa shape index (κ3) is 4.13. The number of hydrogen-bond donors (Lipinski definition) is 1. The topological polar surface area (TPSA) is 45.2 Å². The van der Waals surface area contributed by atoms with E-state index in [-0.39, 0.29) is 30.0 Å². The minimum absolute atomic E-state index is 0. The first-order chi connectivity index (χ1) is 13.2. The van der Waals surface area contributed by atoms with Gasteiger partial charge in [-0.1, -0.05) is 0 Å². The predicted octanol–water partition coefficient (Wildman–Crippen LogP) is 4.88. The van der Waals surface area contributed by atoms with Crippen LogP contribution < -0.4 is 10.2 Å². The molecular weight excluding hydrogens is 397 g/mol. The Balaban J connectivity index is 0.00000225. The Morgan fingerprint density at radius 1 is 1.25 bits per heavy atom. The van der Waals surface area contributed by atoms with Gasteiger partial charge in [-0.15, -0.1) is 23.7 Å². The molecule has 0 saturated carbocycles. The molecule has 4 rings (SSSR count). The summed E-state index contributed by atoms with van der Waals surface area (Å²) in [4.78, 5) is 19.2. The van der Waals surface area contributed by atoms with Crippen molar-refractivity contribution in [1.82, 2.24) is 10.3 Å². The molecule has 1 saturated heterocycles. The van der Waals surface area contributed by atoms with Crippen molar-refractivity contribution in [3.8, 4) is 11.3 Å². The summed E-state index contributed by atoms with van der Waals surface area (Å²) in [7, 11) is 0. The maximum atomic E-state index is 13.3. The third-order valence-electron chi connectivity index (χ3n) is 5.09. The molecule has 1 N–H and O–H groups in total. The number of piperidine rings is 1. The van der Waals surface area contributed by atoms with E-state index in [4.69, 9.17) is 4.98 Å². The number of thiophene rings is 1. The number of fused-ring (bicyclic) bond motifs is 1. The largest absolute Gasteiger partial charge is 0.370 e. The van der Waals surface area contributed by atoms with Gasteiger partial charge in [0, 0.05) is 31.1 Å². The Morgan fingerprint density at radius 3 is 2.64 bits per heavy atom. The first kappa shape index (κ1) is 20.6. The molecule has 1 amide bonds. The number of amides is 1. The summed E-state index contributed by atoms with van der Waals surface area (Å²) < 4.78 is 14.4. The SMILES string of the molecule is CCNC(=O)C1CCN(c2cc(-c3ccc(F)cc3)nc3ccsc23)CC1.Cl. The van der Waals surface area contributed by atoms with E-state index in [1.54, 1.807) is 23.5 Å². The molecule has 2 aromatic heterocycles. The summed E-state index contributed by atoms with van der Waals surface area (Å²) in [6, 6.07) is 10.6. The lowest BCUT2D eigenvalue weighted by atomic mass is 9.95. The number of benzene rings is 1. The predicted molar refractivity (Wildman–Crippen MR) is 116 cm³/mol. The molecule has 1 fully saturated rings. The lowest BCUT2D eigenvalue weighted by molar-refractivity contribution is -0.125. The van der Waals surface area contributed by atoms with Crippen molar-refractivity contribution >= 4 is 45.6 Å². The van der Waals surface area contributed by atoms with Crippen LogP contribution in [-0.4, -0.2) is 30.5 Å². The van der Waals surface area contributed by atoms with E-state index in [1.807, 2.05) is 13.0 Å². The zero-order valence-electron chi connectivity index (χ0n) is 15.7. The van der Waals surface area contributed by atoms with Crippen LogP contribution in [0.15, 0.2) is 41.8 Å². The number of nitrogens with one attached hydrogen (secondary N) is 1. The van der Waals surface area contributed by atoms with Crippen molar-refractivity contribution < 1.29 is 9.18 Å². The summed E-state index contributed by atoms with van der Waals surface area (Å²) in [5, 5.41) is 4.99. The number of rotatable bonds is 4. The highest BCUT2D eigenvalue weighted by Gasteiger charge is 2.26. The molecule has 4 nitrogen and oxygen atoms in total. The Labute approximate surface area is 174 Å². The average molecular weight is 420 g/mol. The fraction of sp³-hybridized carbons (Fsp3) is 0.333. The van der Waals surface area contributed by atoms with E-state index in [2.05, 4.69) is 21.7 Å². The fourth-order valence-corrected chi connectivity index (χ4v) is 4.52. The molecule has 1 aromatic carbocycles. The molecular formula is C21H23ClFN3OS. The van der Waals surface area contributed by atoms with E-state index in [1.165, 1.54) is 12.1 Å². The normalized spacial score (nSPS) is 14.7. The number of halogens is 2. The van der Waals surface area contributed by atoms with Gasteiger partial charge in [-0.3, -0.25) is 4.79 Å². The van der Waals surface area contributed by atoms with Crippen LogP contribution in [0.3, 0.4) is 0 Å². The van der Waals surface area contributed by atoms with Crippen LogP contribution in [0.2, 0.25) is 0 Å². The summed E-state index contributed by atoms with van der Waals surface area (Å²) in [5.74, 6) is 0.0154. The second-order valence-corrected chi connectivity index (χ2v) is 7.74. The molecule has 0 bridgehead atoms. The Hall–Kier alpha value is -2.18. The van der Waals surface area contributed by atoms with Crippen molar-refractivity contribution in [2.75, 3.05) is 24.5 Å². The zero-order chi connectivity index (χ0) is 18.8. The molecule has 7 heteroatoms. The van der Waals surface area contributed by atoms with Crippen LogP contribution in [0.5, 0.6) is 0 Å². The van der Waals surface area contributed by atoms with Crippen LogP contribution in [0.1, 0.15) is 19.8 Å². The van der Waals surface area contributed by atoms with Gasteiger partial charge in [0.2, 0.25) is 5.91 Å². The number of aromatic nitrogens is 1. The van der Waals surface area contributed by atoms with Crippen molar-refractivity contribution in [2.24, 2.45) is 5.92 Å². The fourth-order valence-electron chi connectivity index (χ4n) is 3.64. The lowest BCUT2D eigenvalue weighted by Crippen LogP contribution is -2.40. The minimum Gasteiger partial charge on any atom is -0.370 e. The van der Waals surface area contributed by atoms with E-state index < -0.39 is 0 Å². The molecule has 0 radical (unpaired) electrons. The standard InChI is InChI=1S/C21H22FN3OS.ClH/c1-2-23-21(26)15-7-10-25(11-8-15)19-13-18(14-3-5-16(22)6-4-14)24-17-9-12-27-20(17)19;/h3-6,9,12-13,15H,2,7-8,10-11H2,1H3,(H,23,26);1H. The maximum Gasteiger partial charge on any atom is 0.223 e. The number of nitrogens with zero attached hydrogens (tertiary/aromatic N) is 2. The Bertz CT molecular complexity index is 952. The monoisotopic (exact) mass is 419 g/mol. The summed E-state index contributed by atoms with van der Waals surface area (Å²) in [6.45, 7) is 4.33. The molecule has 1 aliphatic heterocycles. The quantitative estimate of drug-likeness (QED) is 0.655. The second kappa shape index (κ2) is 8.88. The zero-order valence-corrected chi connectivity index (χ0v) is 17.3. The molecule has 0 spiro atoms. The van der Waals surface area contributed by atoms with Gasteiger partial charge in [0.05, 0.1) is 21.6 Å². The molecule has 148 valence electrons. The van der Waals surface area contributed by atoms with Crippen LogP contribution in [-0.2, 0) is 4.79 Å². The summed E-state index contributed by atoms with van der Waals surface area (Å²) >= 11 is 1.69. The van der Waals surface area contributed by atoms with Crippen LogP contribution in [0.25, 0.3) is 21.5 Å². The van der Waals surface area contributed by atoms with Gasteiger partial charge in [-0.25, -0.2) is 9.37 Å². The van der Waals surface area contributed by atoms with Crippen LogP contribution in [0, 0.1) is 11.7 Å². The van der Waals surface area contributed by atoms with Gasteiger partial charge in [0.1, 0.15) is 5.82 Å². The van der Waals surface area contributed by atoms with E-state index >= 15 is 0 Å². The number of pyridine rings is 1. The molecule has 0 aliphatic carbocycles. The van der Waals surface area contributed by atoms with Crippen LogP contribution in [0.4, 0.5) is 10.1 Å². The highest BCUT2D eigenvalue weighted by molar-refractivity contribution is 7.17. The van der Waals surface area contributed by atoms with Gasteiger partial charge >= 0.3 is 0 Å². The van der Waals surface area contributed by atoms with Crippen LogP contribution >= 0.6 is 23.7 Å². The van der Waals surface area contributed by atoms with Gasteiger partial charge < -0.3 is 10.2 Å². The van der Waals surface area contributed by atoms with Crippen molar-refractivity contribution in [2.45, 2.75) is 19.8 Å². The highest BCUT2D eigenvalue weighted by Crippen LogP contribution is 2.36. The summed E-state index contributed by atoms with van der Waals surface area (Å²) in [5.41, 5.74) is 3.87. The van der Waals surface area contributed by atoms with Crippen molar-refractivity contribution in [3.05, 3.63) is 47.6 Å². The smallest absolute Gasteiger partial charge is 0.223 e. The molecule has 3 heterocycles. The minimum atomic E-state index is -0.247. The highest BCUT2D eigenvalue weighted by atomic mass is 35.5. The number of carbonyl (C=O) groups excluding carboxylic acids is 1. The maximum absolute atomic E-state index is 13.3. The van der Waals surface area contributed by atoms with E-state index in [0.29, 0.717) is 6.54 Å². The van der Waals surface area contributed by atoms with E-state index in [0.717, 1.165) is 53.1 Å². The molecule has 0 atom stereocenters. The average Bonchev–Trinajstić information content (AvgIpc) is 3.17. The molecule has 0 unspecified atom stereocenters. The Kier molecular flexibility index (Phi) is 6.52. The first-order valence-corrected chi connectivity index (χ1v) is 10.2. The third-order valence-corrected chi connectivity index (χ3v) is 6.01. The van der Waals surface area contributed by atoms with Crippen molar-refractivity contribution in [3.63, 3.8) is 0 Å². The van der Waals surface area contributed by atoms with Gasteiger partial charge in [0.25, 0.3) is 0 Å². The molecule has 1 aliphatic rings. The van der Waals surface area contributed by atoms with Gasteiger partial charge in [0.15, 0.2) is 0 Å². The van der Waals surface area contributed by atoms with Crippen molar-refractivity contribution in [1.29, 1.82) is 0 Å². The Morgan fingerprint density at radius 2 is 1.96 bits per heavy atom. The van der Waals surface area contributed by atoms with Gasteiger partial charge in [-0.2, -0.15) is 0 Å². The molecule has 28 heavy (non-hydrogen) atoms. The summed E-state index contributed by atoms with van der Waals surface area (Å²) in [6.07, 6.45) is 1.71. The van der Waals surface area contributed by atoms with Gasteiger partial charge in [-0.05, 0) is 61.5 Å². The first-order valence-electron chi connectivity index (χ1n) is 9.32. The molecule has 3 aromatic rings. The number of anilines is 1.